The third-order valence-corrected chi connectivity index (χ3v) is 3.86. The number of hydrogen-bond donors (Lipinski definition) is 2. The van der Waals surface area contributed by atoms with E-state index in [1.165, 1.54) is 11.1 Å². The molecule has 4 nitrogen and oxygen atoms in total. The predicted octanol–water partition coefficient (Wildman–Crippen LogP) is 3.17. The lowest BCUT2D eigenvalue weighted by Gasteiger charge is -2.27. The van der Waals surface area contributed by atoms with Gasteiger partial charge >= 0.3 is 0 Å². The van der Waals surface area contributed by atoms with Crippen molar-refractivity contribution in [3.05, 3.63) is 42.0 Å². The SMILES string of the molecule is C=CCCOC(C)C(=O)NC1CCCc2cc(N)ccc21.Cl. The van der Waals surface area contributed by atoms with Gasteiger partial charge in [-0.1, -0.05) is 12.1 Å². The molecule has 5 heteroatoms. The average Bonchev–Trinajstić information content (AvgIpc) is 2.47. The molecule has 0 spiro atoms. The van der Waals surface area contributed by atoms with Gasteiger partial charge in [0.25, 0.3) is 0 Å². The number of benzene rings is 1. The van der Waals surface area contributed by atoms with Crippen LogP contribution in [0.1, 0.15) is 43.4 Å². The van der Waals surface area contributed by atoms with E-state index in [4.69, 9.17) is 10.5 Å². The average molecular weight is 325 g/mol. The van der Waals surface area contributed by atoms with Crippen molar-refractivity contribution in [3.8, 4) is 0 Å². The molecule has 0 heterocycles. The highest BCUT2D eigenvalue weighted by atomic mass is 35.5. The van der Waals surface area contributed by atoms with Crippen LogP contribution in [-0.4, -0.2) is 18.6 Å². The molecule has 0 aliphatic heterocycles. The summed E-state index contributed by atoms with van der Waals surface area (Å²) >= 11 is 0. The second-order valence-corrected chi connectivity index (χ2v) is 5.50. The molecule has 1 aromatic rings. The van der Waals surface area contributed by atoms with E-state index < -0.39 is 6.10 Å². The smallest absolute Gasteiger partial charge is 0.249 e. The molecule has 0 bridgehead atoms. The number of anilines is 1. The Kier molecular flexibility index (Phi) is 7.42. The molecule has 0 radical (unpaired) electrons. The number of nitrogens with one attached hydrogen (secondary N) is 1. The number of rotatable bonds is 6. The van der Waals surface area contributed by atoms with Crippen molar-refractivity contribution in [1.29, 1.82) is 0 Å². The third-order valence-electron chi connectivity index (χ3n) is 3.86. The number of carbonyl (C=O) groups excluding carboxylic acids is 1. The Labute approximate surface area is 138 Å². The van der Waals surface area contributed by atoms with Crippen LogP contribution in [0.3, 0.4) is 0 Å². The molecular weight excluding hydrogens is 300 g/mol. The van der Waals surface area contributed by atoms with Crippen molar-refractivity contribution in [2.75, 3.05) is 12.3 Å². The summed E-state index contributed by atoms with van der Waals surface area (Å²) in [5.41, 5.74) is 9.03. The molecule has 1 amide bonds. The van der Waals surface area contributed by atoms with Crippen molar-refractivity contribution < 1.29 is 9.53 Å². The quantitative estimate of drug-likeness (QED) is 0.480. The van der Waals surface area contributed by atoms with E-state index in [1.807, 2.05) is 18.2 Å². The molecule has 1 aromatic carbocycles. The first-order valence-corrected chi connectivity index (χ1v) is 7.53. The molecule has 0 saturated carbocycles. The maximum atomic E-state index is 12.2. The Bertz CT molecular complexity index is 519. The number of nitrogens with two attached hydrogens (primary N) is 1. The molecule has 1 aliphatic rings. The summed E-state index contributed by atoms with van der Waals surface area (Å²) in [6, 6.07) is 6.00. The number of fused-ring (bicyclic) bond motifs is 1. The summed E-state index contributed by atoms with van der Waals surface area (Å²) in [5.74, 6) is -0.0614. The van der Waals surface area contributed by atoms with Gasteiger partial charge in [-0.15, -0.1) is 19.0 Å². The second kappa shape index (κ2) is 8.81. The number of ether oxygens (including phenoxy) is 1. The highest BCUT2D eigenvalue weighted by Crippen LogP contribution is 2.31. The van der Waals surface area contributed by atoms with Crippen LogP contribution in [0, 0.1) is 0 Å². The van der Waals surface area contributed by atoms with E-state index in [9.17, 15) is 4.79 Å². The Balaban J connectivity index is 0.00000242. The zero-order valence-corrected chi connectivity index (χ0v) is 13.8. The van der Waals surface area contributed by atoms with Crippen LogP contribution in [0.4, 0.5) is 5.69 Å². The third kappa shape index (κ3) is 4.75. The number of amides is 1. The Morgan fingerprint density at radius 3 is 3.09 bits per heavy atom. The molecule has 22 heavy (non-hydrogen) atoms. The lowest BCUT2D eigenvalue weighted by molar-refractivity contribution is -0.132. The maximum absolute atomic E-state index is 12.2. The maximum Gasteiger partial charge on any atom is 0.249 e. The van der Waals surface area contributed by atoms with Crippen molar-refractivity contribution in [2.45, 2.75) is 44.8 Å². The summed E-state index contributed by atoms with van der Waals surface area (Å²) in [6.07, 6.45) is 5.15. The summed E-state index contributed by atoms with van der Waals surface area (Å²) < 4.78 is 5.49. The molecule has 2 rings (SSSR count). The fourth-order valence-electron chi connectivity index (χ4n) is 2.68. The van der Waals surface area contributed by atoms with Gasteiger partial charge < -0.3 is 15.8 Å². The summed E-state index contributed by atoms with van der Waals surface area (Å²) in [4.78, 5) is 12.2. The Morgan fingerprint density at radius 2 is 2.36 bits per heavy atom. The van der Waals surface area contributed by atoms with Crippen molar-refractivity contribution in [2.24, 2.45) is 0 Å². The molecule has 1 aliphatic carbocycles. The normalized spacial score (nSPS) is 17.8. The zero-order valence-electron chi connectivity index (χ0n) is 13.0. The molecule has 2 atom stereocenters. The summed E-state index contributed by atoms with van der Waals surface area (Å²) in [5, 5.41) is 3.09. The van der Waals surface area contributed by atoms with Gasteiger partial charge in [0.1, 0.15) is 6.10 Å². The minimum atomic E-state index is -0.441. The van der Waals surface area contributed by atoms with Crippen LogP contribution in [0.5, 0.6) is 0 Å². The van der Waals surface area contributed by atoms with E-state index >= 15 is 0 Å². The number of nitrogen functional groups attached to an aromatic ring is 1. The Hall–Kier alpha value is -1.52. The van der Waals surface area contributed by atoms with Crippen molar-refractivity contribution in [3.63, 3.8) is 0 Å². The number of carbonyl (C=O) groups is 1. The van der Waals surface area contributed by atoms with E-state index in [0.29, 0.717) is 6.61 Å². The van der Waals surface area contributed by atoms with Crippen molar-refractivity contribution >= 4 is 24.0 Å². The fraction of sp³-hybridized carbons (Fsp3) is 0.471. The summed E-state index contributed by atoms with van der Waals surface area (Å²) in [7, 11) is 0. The minimum absolute atomic E-state index is 0. The van der Waals surface area contributed by atoms with E-state index in [0.717, 1.165) is 31.4 Å². The van der Waals surface area contributed by atoms with Gasteiger partial charge in [-0.2, -0.15) is 0 Å². The molecule has 122 valence electrons. The monoisotopic (exact) mass is 324 g/mol. The summed E-state index contributed by atoms with van der Waals surface area (Å²) in [6.45, 7) is 5.94. The largest absolute Gasteiger partial charge is 0.399 e. The first kappa shape index (κ1) is 18.5. The number of hydrogen-bond acceptors (Lipinski definition) is 3. The highest BCUT2D eigenvalue weighted by Gasteiger charge is 2.24. The van der Waals surface area contributed by atoms with Crippen LogP contribution in [0.15, 0.2) is 30.9 Å². The molecule has 0 aromatic heterocycles. The fourth-order valence-corrected chi connectivity index (χ4v) is 2.68. The van der Waals surface area contributed by atoms with Gasteiger partial charge in [0, 0.05) is 5.69 Å². The zero-order chi connectivity index (χ0) is 15.2. The topological polar surface area (TPSA) is 64.3 Å². The standard InChI is InChI=1S/C17H24N2O2.ClH/c1-3-4-10-21-12(2)17(20)19-16-7-5-6-13-11-14(18)8-9-15(13)16;/h3,8-9,11-12,16H,1,4-7,10,18H2,2H3,(H,19,20);1H. The molecule has 0 saturated heterocycles. The van der Waals surface area contributed by atoms with Gasteiger partial charge in [-0.3, -0.25) is 4.79 Å². The van der Waals surface area contributed by atoms with Crippen LogP contribution in [0.2, 0.25) is 0 Å². The van der Waals surface area contributed by atoms with Crippen LogP contribution < -0.4 is 11.1 Å². The minimum Gasteiger partial charge on any atom is -0.399 e. The number of halogens is 1. The number of aryl methyl sites for hydroxylation is 1. The second-order valence-electron chi connectivity index (χ2n) is 5.50. The van der Waals surface area contributed by atoms with Gasteiger partial charge in [0.2, 0.25) is 5.91 Å². The van der Waals surface area contributed by atoms with E-state index in [2.05, 4.69) is 11.9 Å². The van der Waals surface area contributed by atoms with Crippen molar-refractivity contribution in [1.82, 2.24) is 5.32 Å². The molecule has 3 N–H and O–H groups in total. The Morgan fingerprint density at radius 1 is 1.59 bits per heavy atom. The van der Waals surface area contributed by atoms with Gasteiger partial charge in [0.15, 0.2) is 0 Å². The lowest BCUT2D eigenvalue weighted by atomic mass is 9.87. The molecular formula is C17H25ClN2O2. The highest BCUT2D eigenvalue weighted by molar-refractivity contribution is 5.85. The van der Waals surface area contributed by atoms with Crippen LogP contribution in [-0.2, 0) is 16.0 Å². The van der Waals surface area contributed by atoms with Gasteiger partial charge in [-0.05, 0) is 55.9 Å². The predicted molar refractivity (Wildman–Crippen MR) is 92.2 cm³/mol. The van der Waals surface area contributed by atoms with E-state index in [1.54, 1.807) is 13.0 Å². The van der Waals surface area contributed by atoms with Crippen LogP contribution >= 0.6 is 12.4 Å². The first-order chi connectivity index (χ1) is 10.1. The lowest BCUT2D eigenvalue weighted by Crippen LogP contribution is -2.38. The van der Waals surface area contributed by atoms with Crippen LogP contribution in [0.25, 0.3) is 0 Å². The van der Waals surface area contributed by atoms with E-state index in [-0.39, 0.29) is 24.4 Å². The van der Waals surface area contributed by atoms with Gasteiger partial charge in [-0.25, -0.2) is 0 Å². The molecule has 2 unspecified atom stereocenters. The first-order valence-electron chi connectivity index (χ1n) is 7.53. The molecule has 0 fully saturated rings. The van der Waals surface area contributed by atoms with Gasteiger partial charge in [0.05, 0.1) is 12.6 Å².